The van der Waals surface area contributed by atoms with E-state index in [2.05, 4.69) is 10.1 Å². The summed E-state index contributed by atoms with van der Waals surface area (Å²) >= 11 is 0. The highest BCUT2D eigenvalue weighted by Gasteiger charge is 2.32. The first kappa shape index (κ1) is 15.1. The number of ether oxygens (including phenoxy) is 1. The monoisotopic (exact) mass is 288 g/mol. The van der Waals surface area contributed by atoms with E-state index in [1.165, 1.54) is 12.1 Å². The Hall–Kier alpha value is -1.27. The molecule has 3 nitrogen and oxygen atoms in total. The van der Waals surface area contributed by atoms with Gasteiger partial charge in [-0.05, 0) is 31.7 Å². The molecule has 0 aromatic heterocycles. The van der Waals surface area contributed by atoms with Crippen LogP contribution in [-0.2, 0) is 6.54 Å². The van der Waals surface area contributed by atoms with Crippen LogP contribution in [0, 0.1) is 0 Å². The van der Waals surface area contributed by atoms with Crippen LogP contribution < -0.4 is 15.8 Å². The molecular weight excluding hydrogens is 269 g/mol. The van der Waals surface area contributed by atoms with E-state index in [1.54, 1.807) is 12.1 Å². The molecule has 3 N–H and O–H groups in total. The summed E-state index contributed by atoms with van der Waals surface area (Å²) in [6.07, 6.45) is -0.822. The number of nitrogens with one attached hydrogen (secondary N) is 1. The summed E-state index contributed by atoms with van der Waals surface area (Å²) in [5.74, 6) is -0.139. The third kappa shape index (κ3) is 4.68. The third-order valence-corrected chi connectivity index (χ3v) is 3.55. The highest BCUT2D eigenvalue weighted by Crippen LogP contribution is 2.26. The Bertz CT molecular complexity index is 429. The molecule has 1 saturated carbocycles. The molecule has 1 aliphatic carbocycles. The minimum absolute atomic E-state index is 0.139. The van der Waals surface area contributed by atoms with E-state index in [4.69, 9.17) is 5.73 Å². The molecule has 0 saturated heterocycles. The van der Waals surface area contributed by atoms with Gasteiger partial charge in [0.1, 0.15) is 5.75 Å². The number of hydrogen-bond acceptors (Lipinski definition) is 3. The highest BCUT2D eigenvalue weighted by molar-refractivity contribution is 5.33. The second-order valence-corrected chi connectivity index (χ2v) is 5.15. The van der Waals surface area contributed by atoms with E-state index in [0.717, 1.165) is 25.7 Å². The van der Waals surface area contributed by atoms with Gasteiger partial charge in [-0.25, -0.2) is 0 Å². The van der Waals surface area contributed by atoms with Crippen molar-refractivity contribution < 1.29 is 17.9 Å². The van der Waals surface area contributed by atoms with E-state index in [0.29, 0.717) is 18.2 Å². The molecule has 1 aromatic carbocycles. The molecule has 1 aliphatic rings. The van der Waals surface area contributed by atoms with Gasteiger partial charge in [0.05, 0.1) is 0 Å². The van der Waals surface area contributed by atoms with Gasteiger partial charge in [-0.2, -0.15) is 0 Å². The van der Waals surface area contributed by atoms with Crippen molar-refractivity contribution in [1.82, 2.24) is 5.32 Å². The Balaban J connectivity index is 1.92. The lowest BCUT2D eigenvalue weighted by Gasteiger charge is -2.27. The first-order valence-corrected chi connectivity index (χ1v) is 6.76. The van der Waals surface area contributed by atoms with E-state index in [1.807, 2.05) is 0 Å². The summed E-state index contributed by atoms with van der Waals surface area (Å²) in [7, 11) is 0. The molecule has 2 rings (SSSR count). The van der Waals surface area contributed by atoms with E-state index < -0.39 is 6.36 Å². The second-order valence-electron chi connectivity index (χ2n) is 5.15. The Morgan fingerprint density at radius 2 is 1.80 bits per heavy atom. The van der Waals surface area contributed by atoms with Crippen LogP contribution in [0.25, 0.3) is 0 Å². The van der Waals surface area contributed by atoms with Gasteiger partial charge in [0, 0.05) is 24.2 Å². The zero-order chi connectivity index (χ0) is 14.6. The number of para-hydroxylation sites is 1. The van der Waals surface area contributed by atoms with Crippen molar-refractivity contribution >= 4 is 0 Å². The van der Waals surface area contributed by atoms with Crippen molar-refractivity contribution in [1.29, 1.82) is 0 Å². The Labute approximate surface area is 116 Å². The summed E-state index contributed by atoms with van der Waals surface area (Å²) in [6.45, 7) is 0.367. The van der Waals surface area contributed by atoms with Crippen LogP contribution in [0.3, 0.4) is 0 Å². The van der Waals surface area contributed by atoms with Crippen molar-refractivity contribution in [3.8, 4) is 5.75 Å². The maximum Gasteiger partial charge on any atom is 0.573 e. The molecule has 0 spiro atoms. The van der Waals surface area contributed by atoms with Crippen LogP contribution in [0.2, 0.25) is 0 Å². The fourth-order valence-corrected chi connectivity index (χ4v) is 2.45. The van der Waals surface area contributed by atoms with Crippen LogP contribution in [0.15, 0.2) is 24.3 Å². The molecule has 0 bridgehead atoms. The second kappa shape index (κ2) is 6.45. The molecule has 112 valence electrons. The van der Waals surface area contributed by atoms with E-state index in [9.17, 15) is 13.2 Å². The van der Waals surface area contributed by atoms with Gasteiger partial charge in [-0.3, -0.25) is 0 Å². The molecule has 20 heavy (non-hydrogen) atoms. The minimum atomic E-state index is -4.66. The molecule has 1 fully saturated rings. The molecule has 0 amide bonds. The number of rotatable bonds is 4. The lowest BCUT2D eigenvalue weighted by molar-refractivity contribution is -0.274. The zero-order valence-electron chi connectivity index (χ0n) is 11.1. The predicted molar refractivity (Wildman–Crippen MR) is 70.2 cm³/mol. The van der Waals surface area contributed by atoms with Crippen LogP contribution in [0.1, 0.15) is 31.2 Å². The summed E-state index contributed by atoms with van der Waals surface area (Å²) < 4.78 is 40.9. The van der Waals surface area contributed by atoms with Crippen molar-refractivity contribution in [2.24, 2.45) is 5.73 Å². The average molecular weight is 288 g/mol. The smallest absolute Gasteiger partial charge is 0.405 e. The van der Waals surface area contributed by atoms with Crippen molar-refractivity contribution in [2.45, 2.75) is 50.7 Å². The van der Waals surface area contributed by atoms with Crippen molar-refractivity contribution in [2.75, 3.05) is 0 Å². The van der Waals surface area contributed by atoms with Gasteiger partial charge in [0.25, 0.3) is 0 Å². The van der Waals surface area contributed by atoms with Crippen LogP contribution in [-0.4, -0.2) is 18.4 Å². The Kier molecular flexibility index (Phi) is 4.88. The fraction of sp³-hybridized carbons (Fsp3) is 0.571. The fourth-order valence-electron chi connectivity index (χ4n) is 2.45. The van der Waals surface area contributed by atoms with E-state index >= 15 is 0 Å². The molecule has 0 heterocycles. The molecule has 6 heteroatoms. The Morgan fingerprint density at radius 3 is 2.45 bits per heavy atom. The number of hydrogen-bond donors (Lipinski definition) is 2. The SMILES string of the molecule is NC1CCC(NCc2ccccc2OC(F)(F)F)CC1. The first-order valence-electron chi connectivity index (χ1n) is 6.76. The maximum atomic E-state index is 12.3. The largest absolute Gasteiger partial charge is 0.573 e. The van der Waals surface area contributed by atoms with E-state index in [-0.39, 0.29) is 11.8 Å². The van der Waals surface area contributed by atoms with Gasteiger partial charge in [0.15, 0.2) is 0 Å². The third-order valence-electron chi connectivity index (χ3n) is 3.55. The number of nitrogens with two attached hydrogens (primary N) is 1. The van der Waals surface area contributed by atoms with Crippen molar-refractivity contribution in [3.63, 3.8) is 0 Å². The molecule has 0 unspecified atom stereocenters. The van der Waals surface area contributed by atoms with Gasteiger partial charge in [0.2, 0.25) is 0 Å². The molecular formula is C14H19F3N2O. The predicted octanol–water partition coefficient (Wildman–Crippen LogP) is 2.94. The quantitative estimate of drug-likeness (QED) is 0.895. The molecule has 0 atom stereocenters. The molecule has 0 aliphatic heterocycles. The van der Waals surface area contributed by atoms with Gasteiger partial charge < -0.3 is 15.8 Å². The van der Waals surface area contributed by atoms with Gasteiger partial charge >= 0.3 is 6.36 Å². The maximum absolute atomic E-state index is 12.3. The highest BCUT2D eigenvalue weighted by atomic mass is 19.4. The number of alkyl halides is 3. The standard InChI is InChI=1S/C14H19F3N2O/c15-14(16,17)20-13-4-2-1-3-10(13)9-19-12-7-5-11(18)6-8-12/h1-4,11-12,19H,5-9,18H2. The summed E-state index contributed by atoms with van der Waals surface area (Å²) in [5, 5.41) is 3.28. The first-order chi connectivity index (χ1) is 9.44. The average Bonchev–Trinajstić information content (AvgIpc) is 2.38. The van der Waals surface area contributed by atoms with Crippen LogP contribution >= 0.6 is 0 Å². The summed E-state index contributed by atoms with van der Waals surface area (Å²) in [5.41, 5.74) is 6.34. The summed E-state index contributed by atoms with van der Waals surface area (Å²) in [6, 6.07) is 6.79. The Morgan fingerprint density at radius 1 is 1.15 bits per heavy atom. The zero-order valence-corrected chi connectivity index (χ0v) is 11.1. The normalized spacial score (nSPS) is 23.6. The minimum Gasteiger partial charge on any atom is -0.405 e. The van der Waals surface area contributed by atoms with Crippen molar-refractivity contribution in [3.05, 3.63) is 29.8 Å². The number of halogens is 3. The number of benzene rings is 1. The molecule has 1 aromatic rings. The lowest BCUT2D eigenvalue weighted by atomic mass is 9.92. The van der Waals surface area contributed by atoms with Gasteiger partial charge in [-0.15, -0.1) is 13.2 Å². The summed E-state index contributed by atoms with van der Waals surface area (Å²) in [4.78, 5) is 0. The topological polar surface area (TPSA) is 47.3 Å². The van der Waals surface area contributed by atoms with Gasteiger partial charge in [-0.1, -0.05) is 18.2 Å². The van der Waals surface area contributed by atoms with Crippen LogP contribution in [0.4, 0.5) is 13.2 Å². The molecule has 0 radical (unpaired) electrons. The van der Waals surface area contributed by atoms with Crippen LogP contribution in [0.5, 0.6) is 5.75 Å². The lowest BCUT2D eigenvalue weighted by Crippen LogP contribution is -2.37.